The summed E-state index contributed by atoms with van der Waals surface area (Å²) >= 11 is 0. The molecule has 1 saturated heterocycles. The summed E-state index contributed by atoms with van der Waals surface area (Å²) in [4.78, 5) is 24.4. The lowest BCUT2D eigenvalue weighted by Gasteiger charge is -2.36. The van der Waals surface area contributed by atoms with Crippen molar-refractivity contribution in [3.8, 4) is 0 Å². The standard InChI is InChI=1S/C19H26N4O2.2C2HF3O2/c1-6-20-7-2-17(1)14-25-15-19-13-22(11-16-4-9-24-10-5-16)12-18-3-8-21-23(18)19;2*3-2(4,5)1(6)7/h1-3,6-8,16,19H,4-5,9-15H2;2*(H,6,7). The Hall–Kier alpha value is -3.24. The molecule has 0 bridgehead atoms. The van der Waals surface area contributed by atoms with Gasteiger partial charge in [-0.15, -0.1) is 0 Å². The molecule has 2 aliphatic rings. The summed E-state index contributed by atoms with van der Waals surface area (Å²) in [7, 11) is 0. The van der Waals surface area contributed by atoms with Gasteiger partial charge >= 0.3 is 24.3 Å². The lowest BCUT2D eigenvalue weighted by atomic mass is 9.99. The van der Waals surface area contributed by atoms with E-state index in [1.54, 1.807) is 12.4 Å². The van der Waals surface area contributed by atoms with Gasteiger partial charge in [0.1, 0.15) is 0 Å². The van der Waals surface area contributed by atoms with Gasteiger partial charge in [0.05, 0.1) is 24.9 Å². The molecular weight excluding hydrogens is 542 g/mol. The van der Waals surface area contributed by atoms with Crippen molar-refractivity contribution >= 4 is 11.9 Å². The number of carboxylic acids is 2. The van der Waals surface area contributed by atoms with Crippen LogP contribution in [0.3, 0.4) is 0 Å². The second kappa shape index (κ2) is 14.8. The lowest BCUT2D eigenvalue weighted by Crippen LogP contribution is -2.42. The predicted octanol–water partition coefficient (Wildman–Crippen LogP) is 3.54. The Balaban J connectivity index is 0.000000317. The minimum absolute atomic E-state index is 0.278. The van der Waals surface area contributed by atoms with Crippen molar-refractivity contribution in [1.29, 1.82) is 0 Å². The number of fused-ring (bicyclic) bond motifs is 1. The minimum Gasteiger partial charge on any atom is -0.475 e. The maximum atomic E-state index is 10.6. The SMILES string of the molecule is O=C(O)C(F)(F)F.O=C(O)C(F)(F)F.c1cc(COCC2CN(CC3CCOCC3)Cc3ccnn32)ccn1. The first-order valence-corrected chi connectivity index (χ1v) is 11.7. The van der Waals surface area contributed by atoms with Crippen molar-refractivity contribution in [3.63, 3.8) is 0 Å². The Bertz CT molecular complexity index is 1000. The molecule has 2 N–H and O–H groups in total. The van der Waals surface area contributed by atoms with E-state index in [-0.39, 0.29) is 6.04 Å². The average Bonchev–Trinajstić information content (AvgIpc) is 3.34. The highest BCUT2D eigenvalue weighted by atomic mass is 19.4. The largest absolute Gasteiger partial charge is 0.490 e. The van der Waals surface area contributed by atoms with Crippen molar-refractivity contribution in [2.45, 2.75) is 44.4 Å². The fourth-order valence-corrected chi connectivity index (χ4v) is 3.81. The molecule has 10 nitrogen and oxygen atoms in total. The summed E-state index contributed by atoms with van der Waals surface area (Å²) in [6, 6.07) is 6.40. The van der Waals surface area contributed by atoms with E-state index in [9.17, 15) is 26.3 Å². The number of aromatic nitrogens is 3. The number of halogens is 6. The van der Waals surface area contributed by atoms with Crippen LogP contribution in [0, 0.1) is 5.92 Å². The second-order valence-corrected chi connectivity index (χ2v) is 8.65. The first kappa shape index (κ1) is 32.0. The molecule has 218 valence electrons. The Morgan fingerprint density at radius 3 is 2.08 bits per heavy atom. The molecule has 0 radical (unpaired) electrons. The molecule has 0 amide bonds. The zero-order valence-corrected chi connectivity index (χ0v) is 20.6. The smallest absolute Gasteiger partial charge is 0.475 e. The summed E-state index contributed by atoms with van der Waals surface area (Å²) in [5, 5.41) is 18.8. The normalized spacial score (nSPS) is 18.2. The summed E-state index contributed by atoms with van der Waals surface area (Å²) in [6.07, 6.45) is -2.29. The maximum Gasteiger partial charge on any atom is 0.490 e. The van der Waals surface area contributed by atoms with E-state index in [1.165, 1.54) is 18.5 Å². The molecule has 2 aliphatic heterocycles. The van der Waals surface area contributed by atoms with Gasteiger partial charge in [-0.2, -0.15) is 31.4 Å². The van der Waals surface area contributed by atoms with E-state index in [4.69, 9.17) is 29.3 Å². The number of pyridine rings is 1. The molecule has 2 aromatic heterocycles. The predicted molar refractivity (Wildman–Crippen MR) is 121 cm³/mol. The molecule has 0 saturated carbocycles. The van der Waals surface area contributed by atoms with Crippen molar-refractivity contribution in [2.75, 3.05) is 32.9 Å². The molecule has 39 heavy (non-hydrogen) atoms. The van der Waals surface area contributed by atoms with Gasteiger partial charge in [0.2, 0.25) is 0 Å². The van der Waals surface area contributed by atoms with Crippen molar-refractivity contribution < 1.29 is 55.6 Å². The van der Waals surface area contributed by atoms with Gasteiger partial charge < -0.3 is 19.7 Å². The molecule has 1 atom stereocenters. The Kier molecular flexibility index (Phi) is 12.1. The van der Waals surface area contributed by atoms with Crippen LogP contribution in [0.15, 0.2) is 36.8 Å². The third kappa shape index (κ3) is 11.6. The highest BCUT2D eigenvalue weighted by molar-refractivity contribution is 5.73. The molecule has 0 aromatic carbocycles. The third-order valence-corrected chi connectivity index (χ3v) is 5.62. The third-order valence-electron chi connectivity index (χ3n) is 5.62. The van der Waals surface area contributed by atoms with E-state index in [2.05, 4.69) is 25.7 Å². The molecule has 1 fully saturated rings. The van der Waals surface area contributed by atoms with Gasteiger partial charge in [0.15, 0.2) is 0 Å². The topological polar surface area (TPSA) is 127 Å². The monoisotopic (exact) mass is 570 g/mol. The highest BCUT2D eigenvalue weighted by Gasteiger charge is 2.39. The number of aliphatic carboxylic acids is 2. The summed E-state index contributed by atoms with van der Waals surface area (Å²) in [5.74, 6) is -4.76. The molecule has 4 rings (SSSR count). The Morgan fingerprint density at radius 2 is 1.54 bits per heavy atom. The summed E-state index contributed by atoms with van der Waals surface area (Å²) in [5.41, 5.74) is 2.45. The van der Waals surface area contributed by atoms with Gasteiger partial charge in [-0.3, -0.25) is 14.6 Å². The van der Waals surface area contributed by atoms with Crippen molar-refractivity contribution in [3.05, 3.63) is 48.0 Å². The van der Waals surface area contributed by atoms with Gasteiger partial charge in [-0.05, 0) is 42.5 Å². The number of rotatable bonds is 6. The first-order valence-electron chi connectivity index (χ1n) is 11.7. The average molecular weight is 570 g/mol. The van der Waals surface area contributed by atoms with Gasteiger partial charge in [0, 0.05) is 51.4 Å². The number of ether oxygens (including phenoxy) is 2. The van der Waals surface area contributed by atoms with Gasteiger partial charge in [0.25, 0.3) is 0 Å². The highest BCUT2D eigenvalue weighted by Crippen LogP contribution is 2.24. The fourth-order valence-electron chi connectivity index (χ4n) is 3.81. The van der Waals surface area contributed by atoms with E-state index >= 15 is 0 Å². The van der Waals surface area contributed by atoms with Gasteiger partial charge in [-0.25, -0.2) is 9.59 Å². The molecule has 4 heterocycles. The maximum absolute atomic E-state index is 10.6. The number of hydrogen-bond donors (Lipinski definition) is 2. The fraction of sp³-hybridized carbons (Fsp3) is 0.565. The second-order valence-electron chi connectivity index (χ2n) is 8.65. The number of carboxylic acid groups (broad SMARTS) is 2. The minimum atomic E-state index is -5.08. The lowest BCUT2D eigenvalue weighted by molar-refractivity contribution is -0.193. The number of nitrogens with zero attached hydrogens (tertiary/aromatic N) is 4. The molecule has 2 aromatic rings. The molecule has 0 aliphatic carbocycles. The number of alkyl halides is 6. The number of carbonyl (C=O) groups is 2. The van der Waals surface area contributed by atoms with E-state index in [0.29, 0.717) is 13.2 Å². The molecule has 16 heteroatoms. The Labute approximate surface area is 219 Å². The van der Waals surface area contributed by atoms with Crippen LogP contribution in [0.1, 0.15) is 30.1 Å². The zero-order chi connectivity index (χ0) is 29.1. The van der Waals surface area contributed by atoms with Crippen molar-refractivity contribution in [2.24, 2.45) is 5.92 Å². The van der Waals surface area contributed by atoms with E-state index in [1.807, 2.05) is 18.3 Å². The quantitative estimate of drug-likeness (QED) is 0.502. The molecule has 0 spiro atoms. The Morgan fingerprint density at radius 1 is 0.974 bits per heavy atom. The van der Waals surface area contributed by atoms with E-state index < -0.39 is 24.3 Å². The van der Waals surface area contributed by atoms with Gasteiger partial charge in [-0.1, -0.05) is 0 Å². The molecular formula is C23H28F6N4O6. The van der Waals surface area contributed by atoms with Crippen LogP contribution in [0.4, 0.5) is 26.3 Å². The first-order chi connectivity index (χ1) is 18.3. The van der Waals surface area contributed by atoms with Crippen LogP contribution in [0.5, 0.6) is 0 Å². The summed E-state index contributed by atoms with van der Waals surface area (Å²) in [6.45, 7) is 6.26. The van der Waals surface area contributed by atoms with Crippen LogP contribution < -0.4 is 0 Å². The van der Waals surface area contributed by atoms with E-state index in [0.717, 1.165) is 44.3 Å². The van der Waals surface area contributed by atoms with Crippen LogP contribution in [0.25, 0.3) is 0 Å². The van der Waals surface area contributed by atoms with Crippen LogP contribution >= 0.6 is 0 Å². The molecule has 1 unspecified atom stereocenters. The summed E-state index contributed by atoms with van der Waals surface area (Å²) < 4.78 is 77.1. The van der Waals surface area contributed by atoms with Crippen molar-refractivity contribution in [1.82, 2.24) is 19.7 Å². The van der Waals surface area contributed by atoms with Crippen LogP contribution in [-0.4, -0.2) is 87.1 Å². The van der Waals surface area contributed by atoms with Crippen LogP contribution in [-0.2, 0) is 32.2 Å². The number of hydrogen-bond acceptors (Lipinski definition) is 7. The van der Waals surface area contributed by atoms with Crippen LogP contribution in [0.2, 0.25) is 0 Å². The zero-order valence-electron chi connectivity index (χ0n) is 20.6.